The number of ether oxygens (including phenoxy) is 10. The van der Waals surface area contributed by atoms with Crippen LogP contribution >= 0.6 is 0 Å². The molecule has 0 aliphatic rings. The first-order valence-electron chi connectivity index (χ1n) is 14.7. The zero-order valence-corrected chi connectivity index (χ0v) is 25.2. The largest absolute Gasteiger partial charge is 0.460 e. The van der Waals surface area contributed by atoms with Crippen molar-refractivity contribution in [3.05, 3.63) is 12.2 Å². The third kappa shape index (κ3) is 33.1. The SMILES string of the molecule is C=C(C)C(=O)OCCOCCOCCOCCOCCOCCOCCOCCOCCOCCCCCCC. The average Bonchev–Trinajstić information content (AvgIpc) is 2.95. The van der Waals surface area contributed by atoms with Gasteiger partial charge in [0.15, 0.2) is 0 Å². The van der Waals surface area contributed by atoms with E-state index >= 15 is 0 Å². The summed E-state index contributed by atoms with van der Waals surface area (Å²) in [6, 6.07) is 0. The Kier molecular flexibility index (Phi) is 33.1. The van der Waals surface area contributed by atoms with E-state index in [4.69, 9.17) is 47.4 Å². The van der Waals surface area contributed by atoms with E-state index in [1.54, 1.807) is 6.92 Å². The number of carbonyl (C=O) groups excluding carboxylic acids is 1. The Morgan fingerprint density at radius 3 is 1.00 bits per heavy atom. The van der Waals surface area contributed by atoms with Gasteiger partial charge < -0.3 is 47.4 Å². The fraction of sp³-hybridized carbons (Fsp3) is 0.897. The van der Waals surface area contributed by atoms with Crippen LogP contribution in [0.25, 0.3) is 0 Å². The molecule has 0 aliphatic carbocycles. The molecule has 0 bridgehead atoms. The molecule has 0 spiro atoms. The minimum absolute atomic E-state index is 0.205. The third-order valence-corrected chi connectivity index (χ3v) is 5.18. The summed E-state index contributed by atoms with van der Waals surface area (Å²) < 4.78 is 53.9. The van der Waals surface area contributed by atoms with Crippen molar-refractivity contribution in [1.29, 1.82) is 0 Å². The van der Waals surface area contributed by atoms with Gasteiger partial charge in [-0.05, 0) is 13.3 Å². The summed E-state index contributed by atoms with van der Waals surface area (Å²) in [6.45, 7) is 17.0. The highest BCUT2D eigenvalue weighted by molar-refractivity contribution is 5.86. The molecule has 0 heterocycles. The lowest BCUT2D eigenvalue weighted by Gasteiger charge is -2.09. The highest BCUT2D eigenvalue weighted by atomic mass is 16.6. The second-order valence-electron chi connectivity index (χ2n) is 8.84. The van der Waals surface area contributed by atoms with Gasteiger partial charge in [0.2, 0.25) is 0 Å². The van der Waals surface area contributed by atoms with E-state index in [1.165, 1.54) is 25.7 Å². The molecule has 238 valence electrons. The van der Waals surface area contributed by atoms with Crippen LogP contribution < -0.4 is 0 Å². The van der Waals surface area contributed by atoms with Crippen LogP contribution in [0.2, 0.25) is 0 Å². The fourth-order valence-electron chi connectivity index (χ4n) is 2.99. The van der Waals surface area contributed by atoms with Crippen LogP contribution in [-0.2, 0) is 52.2 Å². The van der Waals surface area contributed by atoms with E-state index in [0.29, 0.717) is 118 Å². The van der Waals surface area contributed by atoms with E-state index in [0.717, 1.165) is 13.0 Å². The average molecular weight is 581 g/mol. The lowest BCUT2D eigenvalue weighted by molar-refractivity contribution is -0.140. The monoisotopic (exact) mass is 580 g/mol. The Hall–Kier alpha value is -1.15. The van der Waals surface area contributed by atoms with Crippen molar-refractivity contribution in [2.75, 3.05) is 126 Å². The van der Waals surface area contributed by atoms with Crippen molar-refractivity contribution in [3.8, 4) is 0 Å². The zero-order valence-electron chi connectivity index (χ0n) is 25.2. The van der Waals surface area contributed by atoms with Gasteiger partial charge in [0.1, 0.15) is 6.61 Å². The third-order valence-electron chi connectivity index (χ3n) is 5.18. The molecule has 0 fully saturated rings. The minimum Gasteiger partial charge on any atom is -0.460 e. The van der Waals surface area contributed by atoms with Gasteiger partial charge in [0.25, 0.3) is 0 Å². The van der Waals surface area contributed by atoms with Crippen LogP contribution in [0.15, 0.2) is 12.2 Å². The van der Waals surface area contributed by atoms with Crippen molar-refractivity contribution in [3.63, 3.8) is 0 Å². The molecule has 0 atom stereocenters. The van der Waals surface area contributed by atoms with Crippen LogP contribution in [0.1, 0.15) is 46.0 Å². The molecule has 0 N–H and O–H groups in total. The Labute approximate surface area is 242 Å². The summed E-state index contributed by atoms with van der Waals surface area (Å²) in [5.74, 6) is -0.408. The Morgan fingerprint density at radius 1 is 0.425 bits per heavy atom. The summed E-state index contributed by atoms with van der Waals surface area (Å²) in [5.41, 5.74) is 0.374. The maximum atomic E-state index is 11.2. The minimum atomic E-state index is -0.408. The van der Waals surface area contributed by atoms with Crippen molar-refractivity contribution in [2.24, 2.45) is 0 Å². The van der Waals surface area contributed by atoms with Crippen LogP contribution in [-0.4, -0.2) is 132 Å². The summed E-state index contributed by atoms with van der Waals surface area (Å²) in [5, 5.41) is 0. The maximum Gasteiger partial charge on any atom is 0.333 e. The number of esters is 1. The molecule has 40 heavy (non-hydrogen) atoms. The zero-order chi connectivity index (χ0) is 29.2. The number of hydrogen-bond acceptors (Lipinski definition) is 11. The van der Waals surface area contributed by atoms with Gasteiger partial charge in [0, 0.05) is 12.2 Å². The summed E-state index contributed by atoms with van der Waals surface area (Å²) >= 11 is 0. The second kappa shape index (κ2) is 34.1. The van der Waals surface area contributed by atoms with Gasteiger partial charge in [-0.25, -0.2) is 4.79 Å². The molecule has 0 saturated heterocycles. The van der Waals surface area contributed by atoms with E-state index in [1.807, 2.05) is 0 Å². The molecule has 0 aromatic carbocycles. The number of rotatable bonds is 34. The van der Waals surface area contributed by atoms with E-state index in [9.17, 15) is 4.79 Å². The maximum absolute atomic E-state index is 11.2. The summed E-state index contributed by atoms with van der Waals surface area (Å²) in [4.78, 5) is 11.2. The molecule has 0 rings (SSSR count). The topological polar surface area (TPSA) is 109 Å². The Balaban J connectivity index is 3.06. The van der Waals surface area contributed by atoms with Crippen LogP contribution in [0.3, 0.4) is 0 Å². The number of hydrogen-bond donors (Lipinski definition) is 0. The van der Waals surface area contributed by atoms with Gasteiger partial charge >= 0.3 is 5.97 Å². The van der Waals surface area contributed by atoms with Crippen LogP contribution in [0, 0.1) is 0 Å². The van der Waals surface area contributed by atoms with Gasteiger partial charge in [-0.2, -0.15) is 0 Å². The lowest BCUT2D eigenvalue weighted by Crippen LogP contribution is -2.15. The fourth-order valence-corrected chi connectivity index (χ4v) is 2.99. The molecule has 0 unspecified atom stereocenters. The molecule has 11 nitrogen and oxygen atoms in total. The predicted octanol–water partition coefficient (Wildman–Crippen LogP) is 3.23. The van der Waals surface area contributed by atoms with Gasteiger partial charge in [-0.3, -0.25) is 0 Å². The Morgan fingerprint density at radius 2 is 0.700 bits per heavy atom. The molecule has 0 aliphatic heterocycles. The first-order valence-corrected chi connectivity index (χ1v) is 14.7. The highest BCUT2D eigenvalue weighted by Gasteiger charge is 2.02. The molecular weight excluding hydrogens is 524 g/mol. The quantitative estimate of drug-likeness (QED) is 0.0636. The molecule has 0 saturated carbocycles. The van der Waals surface area contributed by atoms with Crippen molar-refractivity contribution >= 4 is 5.97 Å². The van der Waals surface area contributed by atoms with E-state index < -0.39 is 5.97 Å². The molecular formula is C29H56O11. The van der Waals surface area contributed by atoms with Crippen LogP contribution in [0.5, 0.6) is 0 Å². The van der Waals surface area contributed by atoms with Crippen molar-refractivity contribution in [1.82, 2.24) is 0 Å². The standard InChI is InChI=1S/C29H56O11/c1-4-5-6-7-8-9-31-10-11-32-12-13-33-14-15-34-16-17-35-18-19-36-20-21-37-22-23-38-24-25-39-26-27-40-29(30)28(2)3/h2,4-27H2,1,3H3. The van der Waals surface area contributed by atoms with Gasteiger partial charge in [-0.1, -0.05) is 39.2 Å². The highest BCUT2D eigenvalue weighted by Crippen LogP contribution is 2.02. The van der Waals surface area contributed by atoms with E-state index in [2.05, 4.69) is 13.5 Å². The molecule has 0 aromatic rings. The normalized spacial score (nSPS) is 11.2. The first-order chi connectivity index (χ1) is 19.7. The van der Waals surface area contributed by atoms with Crippen LogP contribution in [0.4, 0.5) is 0 Å². The van der Waals surface area contributed by atoms with E-state index in [-0.39, 0.29) is 6.61 Å². The van der Waals surface area contributed by atoms with Gasteiger partial charge in [-0.15, -0.1) is 0 Å². The Bertz CT molecular complexity index is 534. The molecule has 0 amide bonds. The molecule has 0 aromatic heterocycles. The molecule has 0 radical (unpaired) electrons. The number of carbonyl (C=O) groups is 1. The van der Waals surface area contributed by atoms with Gasteiger partial charge in [0.05, 0.1) is 112 Å². The number of unbranched alkanes of at least 4 members (excludes halogenated alkanes) is 4. The first kappa shape index (κ1) is 38.9. The summed E-state index contributed by atoms with van der Waals surface area (Å²) in [6.07, 6.45) is 6.27. The molecule has 11 heteroatoms. The lowest BCUT2D eigenvalue weighted by atomic mass is 10.2. The van der Waals surface area contributed by atoms with Crippen molar-refractivity contribution in [2.45, 2.75) is 46.0 Å². The summed E-state index contributed by atoms with van der Waals surface area (Å²) in [7, 11) is 0. The smallest absolute Gasteiger partial charge is 0.333 e. The second-order valence-corrected chi connectivity index (χ2v) is 8.84. The predicted molar refractivity (Wildman–Crippen MR) is 152 cm³/mol. The van der Waals surface area contributed by atoms with Crippen molar-refractivity contribution < 1.29 is 52.2 Å².